The van der Waals surface area contributed by atoms with Gasteiger partial charge in [0.25, 0.3) is 0 Å². The SMILES string of the molecule is Cc1ccc(C(C)C)n1Cc1ccc(F)[c]([Ti]([C]2=CC=CC2)([C]2=CC=CC2)[c]2c(F)ccc(Cn3c(C)ccc3C(C)C)c2F)c1F. The molecule has 0 amide bonds. The van der Waals surface area contributed by atoms with Gasteiger partial charge in [-0.15, -0.1) is 0 Å². The number of allylic oxidation sites excluding steroid dienone is 8. The fourth-order valence-electron chi connectivity index (χ4n) is 7.51. The van der Waals surface area contributed by atoms with Crippen LogP contribution in [0.1, 0.15) is 86.3 Å². The number of halogens is 4. The molecule has 4 aromatic rings. The van der Waals surface area contributed by atoms with Crippen molar-refractivity contribution in [3.8, 4) is 0 Å². The summed E-state index contributed by atoms with van der Waals surface area (Å²) in [7, 11) is 0. The Labute approximate surface area is 279 Å². The third-order valence-corrected chi connectivity index (χ3v) is 17.8. The number of benzene rings is 2. The van der Waals surface area contributed by atoms with Gasteiger partial charge in [0.05, 0.1) is 0 Å². The summed E-state index contributed by atoms with van der Waals surface area (Å²) in [5.74, 6) is -2.54. The number of nitrogens with zero attached hydrogens (tertiary/aromatic N) is 2. The Morgan fingerprint density at radius 2 is 1.00 bits per heavy atom. The van der Waals surface area contributed by atoms with Crippen molar-refractivity contribution >= 4 is 7.74 Å². The van der Waals surface area contributed by atoms with Gasteiger partial charge in [-0.25, -0.2) is 0 Å². The quantitative estimate of drug-likeness (QED) is 0.117. The van der Waals surface area contributed by atoms with Crippen molar-refractivity contribution in [2.75, 3.05) is 0 Å². The van der Waals surface area contributed by atoms with Crippen molar-refractivity contribution in [3.63, 3.8) is 0 Å². The van der Waals surface area contributed by atoms with E-state index in [9.17, 15) is 0 Å². The van der Waals surface area contributed by atoms with Gasteiger partial charge < -0.3 is 0 Å². The number of aromatic nitrogens is 2. The molecule has 2 aliphatic rings. The molecule has 0 atom stereocenters. The summed E-state index contributed by atoms with van der Waals surface area (Å²) in [6.45, 7) is 12.6. The van der Waals surface area contributed by atoms with Gasteiger partial charge in [-0.1, -0.05) is 0 Å². The summed E-state index contributed by atoms with van der Waals surface area (Å²) in [5.41, 5.74) is 4.61. The first-order valence-corrected chi connectivity index (χ1v) is 19.6. The van der Waals surface area contributed by atoms with Gasteiger partial charge in [-0.3, -0.25) is 0 Å². The van der Waals surface area contributed by atoms with Gasteiger partial charge in [-0.05, 0) is 0 Å². The topological polar surface area (TPSA) is 9.86 Å². The molecule has 2 aromatic carbocycles. The maximum atomic E-state index is 17.4. The molecule has 0 unspecified atom stereocenters. The second-order valence-corrected chi connectivity index (χ2v) is 19.4. The van der Waals surface area contributed by atoms with Crippen molar-refractivity contribution in [2.24, 2.45) is 0 Å². The number of aryl methyl sites for hydroxylation is 2. The predicted octanol–water partition coefficient (Wildman–Crippen LogP) is 9.60. The summed E-state index contributed by atoms with van der Waals surface area (Å²) < 4.78 is 73.2. The molecule has 0 saturated heterocycles. The van der Waals surface area contributed by atoms with E-state index in [1.807, 2.05) is 83.7 Å². The van der Waals surface area contributed by atoms with Crippen molar-refractivity contribution < 1.29 is 34.2 Å². The van der Waals surface area contributed by atoms with Crippen LogP contribution in [-0.2, 0) is 29.7 Å². The van der Waals surface area contributed by atoms with E-state index in [1.165, 1.54) is 24.3 Å². The molecule has 0 saturated carbocycles. The van der Waals surface area contributed by atoms with Crippen LogP contribution in [0.15, 0.2) is 92.7 Å². The van der Waals surface area contributed by atoms with Crippen LogP contribution in [0.4, 0.5) is 17.6 Å². The van der Waals surface area contributed by atoms with Crippen LogP contribution < -0.4 is 7.74 Å². The Hall–Kier alpha value is -3.61. The molecule has 0 bridgehead atoms. The fourth-order valence-corrected chi connectivity index (χ4v) is 15.9. The molecule has 0 N–H and O–H groups in total. The monoisotopic (exact) mass is 674 g/mol. The second-order valence-electron chi connectivity index (χ2n) is 13.5. The first kappa shape index (κ1) is 33.3. The third kappa shape index (κ3) is 5.68. The average molecular weight is 675 g/mol. The predicted molar refractivity (Wildman–Crippen MR) is 180 cm³/mol. The van der Waals surface area contributed by atoms with Crippen molar-refractivity contribution in [3.05, 3.63) is 150 Å². The Morgan fingerprint density at radius 1 is 0.596 bits per heavy atom. The molecule has 2 heterocycles. The summed E-state index contributed by atoms with van der Waals surface area (Å²) in [5, 5.41) is 0. The van der Waals surface area contributed by atoms with E-state index in [-0.39, 0.29) is 32.7 Å². The summed E-state index contributed by atoms with van der Waals surface area (Å²) in [6, 6.07) is 13.6. The van der Waals surface area contributed by atoms with E-state index in [4.69, 9.17) is 0 Å². The van der Waals surface area contributed by atoms with Crippen LogP contribution in [0.3, 0.4) is 0 Å². The minimum absolute atomic E-state index is 0.154. The third-order valence-electron chi connectivity index (χ3n) is 9.90. The number of rotatable bonds is 10. The van der Waals surface area contributed by atoms with Crippen molar-refractivity contribution in [1.82, 2.24) is 9.13 Å². The molecular weight excluding hydrogens is 632 g/mol. The Balaban J connectivity index is 1.63. The number of hydrogen-bond donors (Lipinski definition) is 0. The van der Waals surface area contributed by atoms with Gasteiger partial charge in [0.15, 0.2) is 0 Å². The first-order valence-electron chi connectivity index (χ1n) is 16.5. The van der Waals surface area contributed by atoms with E-state index in [0.29, 0.717) is 31.7 Å². The molecule has 47 heavy (non-hydrogen) atoms. The van der Waals surface area contributed by atoms with Crippen LogP contribution in [0.2, 0.25) is 0 Å². The zero-order valence-electron chi connectivity index (χ0n) is 28.0. The molecule has 0 fully saturated rings. The molecule has 6 rings (SSSR count). The van der Waals surface area contributed by atoms with E-state index in [0.717, 1.165) is 22.8 Å². The van der Waals surface area contributed by atoms with Crippen LogP contribution in [-0.4, -0.2) is 9.13 Å². The number of hydrogen-bond acceptors (Lipinski definition) is 0. The summed E-state index contributed by atoms with van der Waals surface area (Å²) in [4.78, 5) is 0. The molecular formula is C40H42F4N2Ti. The van der Waals surface area contributed by atoms with Gasteiger partial charge in [0, 0.05) is 0 Å². The molecule has 2 aliphatic carbocycles. The first-order chi connectivity index (χ1) is 22.5. The van der Waals surface area contributed by atoms with E-state index in [2.05, 4.69) is 27.7 Å². The Bertz CT molecular complexity index is 1830. The molecule has 0 aliphatic heterocycles. The molecule has 0 spiro atoms. The Kier molecular flexibility index (Phi) is 9.30. The normalized spacial score (nSPS) is 14.6. The zero-order chi connectivity index (χ0) is 33.6. The van der Waals surface area contributed by atoms with E-state index in [1.54, 1.807) is 0 Å². The van der Waals surface area contributed by atoms with Gasteiger partial charge in [0.2, 0.25) is 0 Å². The molecule has 0 radical (unpaired) electrons. The van der Waals surface area contributed by atoms with Crippen molar-refractivity contribution in [1.29, 1.82) is 0 Å². The minimum atomic E-state index is -4.94. The van der Waals surface area contributed by atoms with Crippen LogP contribution in [0.5, 0.6) is 0 Å². The molecule has 2 aromatic heterocycles. The van der Waals surface area contributed by atoms with E-state index >= 15 is 17.6 Å². The van der Waals surface area contributed by atoms with Crippen LogP contribution >= 0.6 is 0 Å². The average Bonchev–Trinajstić information content (AvgIpc) is 3.85. The van der Waals surface area contributed by atoms with Gasteiger partial charge in [0.1, 0.15) is 0 Å². The van der Waals surface area contributed by atoms with Gasteiger partial charge in [-0.2, -0.15) is 0 Å². The summed E-state index contributed by atoms with van der Waals surface area (Å²) >= 11 is -4.94. The van der Waals surface area contributed by atoms with Crippen molar-refractivity contribution in [2.45, 2.75) is 79.3 Å². The fraction of sp³-hybridized carbons (Fsp3) is 0.300. The zero-order valence-corrected chi connectivity index (χ0v) is 29.5. The molecule has 244 valence electrons. The van der Waals surface area contributed by atoms with E-state index < -0.39 is 39.9 Å². The molecule has 2 nitrogen and oxygen atoms in total. The van der Waals surface area contributed by atoms with Crippen LogP contribution in [0, 0.1) is 37.1 Å². The second kappa shape index (κ2) is 13.1. The maximum absolute atomic E-state index is 17.4. The molecule has 7 heteroatoms. The Morgan fingerprint density at radius 3 is 1.34 bits per heavy atom. The standard InChI is InChI=1S/2C15H16F2N.2C5H5.Ti/c2*1-10(2)15-7-4-11(3)18(15)9-12-5-6-13(16)8-14(12)17;2*1-2-4-5-3-1;/h2*4-7,10H,9H2,1-3H3;2*1-3H,4H2;. The summed E-state index contributed by atoms with van der Waals surface area (Å²) in [6.07, 6.45) is 12.0. The van der Waals surface area contributed by atoms with Crippen LogP contribution in [0.25, 0.3) is 0 Å². The van der Waals surface area contributed by atoms with Gasteiger partial charge >= 0.3 is 280 Å².